The standard InChI is InChI=1S/C9H15BrN4S/c1-13-4-3-5-14(2)7(6-13)8-11-9(10)15-12-8/h7H,3-6H2,1-2H3. The highest BCUT2D eigenvalue weighted by atomic mass is 79.9. The van der Waals surface area contributed by atoms with Crippen LogP contribution in [-0.4, -0.2) is 52.9 Å². The summed E-state index contributed by atoms with van der Waals surface area (Å²) in [5, 5.41) is 0. The van der Waals surface area contributed by atoms with Crippen LogP contribution in [0, 0.1) is 0 Å². The summed E-state index contributed by atoms with van der Waals surface area (Å²) in [5.41, 5.74) is 0. The van der Waals surface area contributed by atoms with Crippen LogP contribution in [0.4, 0.5) is 0 Å². The second-order valence-corrected chi connectivity index (χ2v) is 6.05. The minimum absolute atomic E-state index is 0.333. The Morgan fingerprint density at radius 3 is 2.87 bits per heavy atom. The normalized spacial score (nSPS) is 25.4. The molecule has 2 rings (SSSR count). The van der Waals surface area contributed by atoms with Gasteiger partial charge in [-0.25, -0.2) is 4.98 Å². The van der Waals surface area contributed by atoms with Crippen molar-refractivity contribution in [3.8, 4) is 0 Å². The van der Waals surface area contributed by atoms with E-state index in [0.717, 1.165) is 29.4 Å². The second kappa shape index (κ2) is 4.86. The molecule has 1 unspecified atom stereocenters. The van der Waals surface area contributed by atoms with Gasteiger partial charge in [-0.15, -0.1) is 0 Å². The van der Waals surface area contributed by atoms with Crippen LogP contribution in [0.1, 0.15) is 18.3 Å². The maximum Gasteiger partial charge on any atom is 0.179 e. The lowest BCUT2D eigenvalue weighted by molar-refractivity contribution is 0.221. The molecular weight excluding hydrogens is 276 g/mol. The minimum Gasteiger partial charge on any atom is -0.304 e. The summed E-state index contributed by atoms with van der Waals surface area (Å²) in [6.07, 6.45) is 1.22. The van der Waals surface area contributed by atoms with E-state index in [2.05, 4.69) is 49.2 Å². The molecule has 6 heteroatoms. The van der Waals surface area contributed by atoms with Crippen molar-refractivity contribution in [3.05, 3.63) is 9.74 Å². The van der Waals surface area contributed by atoms with Crippen molar-refractivity contribution in [2.45, 2.75) is 12.5 Å². The van der Waals surface area contributed by atoms with Crippen LogP contribution in [0.15, 0.2) is 3.92 Å². The van der Waals surface area contributed by atoms with Crippen molar-refractivity contribution >= 4 is 27.5 Å². The molecule has 0 aromatic carbocycles. The van der Waals surface area contributed by atoms with Gasteiger partial charge < -0.3 is 4.90 Å². The number of halogens is 1. The van der Waals surface area contributed by atoms with Crippen molar-refractivity contribution in [2.24, 2.45) is 0 Å². The molecule has 0 bridgehead atoms. The summed E-state index contributed by atoms with van der Waals surface area (Å²) < 4.78 is 5.25. The van der Waals surface area contributed by atoms with Crippen LogP contribution < -0.4 is 0 Å². The highest BCUT2D eigenvalue weighted by Gasteiger charge is 2.25. The van der Waals surface area contributed by atoms with Crippen LogP contribution in [0.2, 0.25) is 0 Å². The van der Waals surface area contributed by atoms with E-state index >= 15 is 0 Å². The van der Waals surface area contributed by atoms with Gasteiger partial charge in [0.1, 0.15) is 0 Å². The Bertz CT molecular complexity index is 330. The monoisotopic (exact) mass is 290 g/mol. The molecule has 0 amide bonds. The van der Waals surface area contributed by atoms with Gasteiger partial charge in [-0.3, -0.25) is 4.90 Å². The fraction of sp³-hybridized carbons (Fsp3) is 0.778. The molecule has 0 saturated carbocycles. The molecule has 1 aliphatic rings. The van der Waals surface area contributed by atoms with E-state index in [0.29, 0.717) is 6.04 Å². The van der Waals surface area contributed by atoms with Crippen molar-refractivity contribution in [2.75, 3.05) is 33.7 Å². The van der Waals surface area contributed by atoms with E-state index in [1.54, 1.807) is 0 Å². The van der Waals surface area contributed by atoms with Crippen LogP contribution >= 0.6 is 27.5 Å². The highest BCUT2D eigenvalue weighted by Crippen LogP contribution is 2.23. The van der Waals surface area contributed by atoms with Gasteiger partial charge in [0.2, 0.25) is 0 Å². The molecule has 84 valence electrons. The smallest absolute Gasteiger partial charge is 0.179 e. The topological polar surface area (TPSA) is 32.3 Å². The van der Waals surface area contributed by atoms with Gasteiger partial charge in [0.25, 0.3) is 0 Å². The van der Waals surface area contributed by atoms with E-state index in [1.807, 2.05) is 0 Å². The van der Waals surface area contributed by atoms with Crippen LogP contribution in [0.3, 0.4) is 0 Å². The summed E-state index contributed by atoms with van der Waals surface area (Å²) in [4.78, 5) is 9.11. The average molecular weight is 291 g/mol. The SMILES string of the molecule is CN1CCCN(C)C(c2nsc(Br)n2)C1. The largest absolute Gasteiger partial charge is 0.304 e. The molecule has 1 atom stereocenters. The first kappa shape index (κ1) is 11.4. The molecule has 1 aliphatic heterocycles. The van der Waals surface area contributed by atoms with Crippen molar-refractivity contribution in [1.82, 2.24) is 19.2 Å². The number of hydrogen-bond acceptors (Lipinski definition) is 5. The molecule has 0 N–H and O–H groups in total. The zero-order valence-electron chi connectivity index (χ0n) is 8.98. The van der Waals surface area contributed by atoms with Gasteiger partial charge in [0.15, 0.2) is 9.74 Å². The number of rotatable bonds is 1. The lowest BCUT2D eigenvalue weighted by Gasteiger charge is -2.24. The van der Waals surface area contributed by atoms with E-state index in [-0.39, 0.29) is 0 Å². The first-order chi connectivity index (χ1) is 7.16. The fourth-order valence-electron chi connectivity index (χ4n) is 1.90. The third-order valence-electron chi connectivity index (χ3n) is 2.78. The molecule has 15 heavy (non-hydrogen) atoms. The lowest BCUT2D eigenvalue weighted by Crippen LogP contribution is -2.31. The Hall–Kier alpha value is -0.0400. The van der Waals surface area contributed by atoms with E-state index < -0.39 is 0 Å². The van der Waals surface area contributed by atoms with Gasteiger partial charge >= 0.3 is 0 Å². The van der Waals surface area contributed by atoms with E-state index in [1.165, 1.54) is 18.0 Å². The number of likely N-dealkylation sites (N-methyl/N-ethyl adjacent to an activating group) is 2. The van der Waals surface area contributed by atoms with Gasteiger partial charge in [0, 0.05) is 6.54 Å². The molecule has 1 aromatic rings. The summed E-state index contributed by atoms with van der Waals surface area (Å²) in [7, 11) is 4.31. The molecule has 0 radical (unpaired) electrons. The predicted molar refractivity (Wildman–Crippen MR) is 65.1 cm³/mol. The zero-order chi connectivity index (χ0) is 10.8. The van der Waals surface area contributed by atoms with Crippen LogP contribution in [0.25, 0.3) is 0 Å². The van der Waals surface area contributed by atoms with E-state index in [4.69, 9.17) is 0 Å². The summed E-state index contributed by atoms with van der Waals surface area (Å²) in [5.74, 6) is 0.947. The van der Waals surface area contributed by atoms with Gasteiger partial charge in [-0.1, -0.05) is 0 Å². The Balaban J connectivity index is 2.17. The molecule has 1 saturated heterocycles. The third-order valence-corrected chi connectivity index (χ3v) is 3.91. The maximum atomic E-state index is 4.42. The molecular formula is C9H15BrN4S. The summed E-state index contributed by atoms with van der Waals surface area (Å²) in [6.45, 7) is 3.29. The van der Waals surface area contributed by atoms with Gasteiger partial charge in [0.05, 0.1) is 6.04 Å². The molecule has 0 aliphatic carbocycles. The quantitative estimate of drug-likeness (QED) is 0.787. The Kier molecular flexibility index (Phi) is 3.71. The molecule has 4 nitrogen and oxygen atoms in total. The Morgan fingerprint density at radius 2 is 2.20 bits per heavy atom. The summed E-state index contributed by atoms with van der Waals surface area (Å²) >= 11 is 4.78. The fourth-order valence-corrected chi connectivity index (χ4v) is 2.77. The Morgan fingerprint density at radius 1 is 1.40 bits per heavy atom. The van der Waals surface area contributed by atoms with Gasteiger partial charge in [-0.2, -0.15) is 4.37 Å². The maximum absolute atomic E-state index is 4.42. The predicted octanol–water partition coefficient (Wildman–Crippen LogP) is 1.61. The first-order valence-electron chi connectivity index (χ1n) is 5.04. The van der Waals surface area contributed by atoms with Crippen molar-refractivity contribution in [1.29, 1.82) is 0 Å². The highest BCUT2D eigenvalue weighted by molar-refractivity contribution is 9.11. The molecule has 1 fully saturated rings. The minimum atomic E-state index is 0.333. The van der Waals surface area contributed by atoms with Crippen molar-refractivity contribution in [3.63, 3.8) is 0 Å². The number of nitrogens with zero attached hydrogens (tertiary/aromatic N) is 4. The molecule has 1 aromatic heterocycles. The number of aromatic nitrogens is 2. The molecule has 0 spiro atoms. The summed E-state index contributed by atoms with van der Waals surface area (Å²) in [6, 6.07) is 0.333. The Labute approximate surface area is 103 Å². The molecule has 2 heterocycles. The van der Waals surface area contributed by atoms with Crippen molar-refractivity contribution < 1.29 is 0 Å². The van der Waals surface area contributed by atoms with Gasteiger partial charge in [-0.05, 0) is 61.1 Å². The average Bonchev–Trinajstić information content (AvgIpc) is 2.53. The second-order valence-electron chi connectivity index (χ2n) is 4.02. The third kappa shape index (κ3) is 2.75. The zero-order valence-corrected chi connectivity index (χ0v) is 11.4. The first-order valence-corrected chi connectivity index (χ1v) is 6.61. The van der Waals surface area contributed by atoms with Crippen LogP contribution in [-0.2, 0) is 0 Å². The number of hydrogen-bond donors (Lipinski definition) is 0. The van der Waals surface area contributed by atoms with Crippen LogP contribution in [0.5, 0.6) is 0 Å². The van der Waals surface area contributed by atoms with E-state index in [9.17, 15) is 0 Å². The lowest BCUT2D eigenvalue weighted by atomic mass is 10.2.